The number of hydrogen-bond acceptors (Lipinski definition) is 3. The number of hydrogen-bond donors (Lipinski definition) is 1. The van der Waals surface area contributed by atoms with Gasteiger partial charge < -0.3 is 9.84 Å². The summed E-state index contributed by atoms with van der Waals surface area (Å²) in [5, 5.41) is 8.92. The zero-order valence-electron chi connectivity index (χ0n) is 10.6. The Bertz CT molecular complexity index is 378. The van der Waals surface area contributed by atoms with Crippen LogP contribution >= 0.6 is 15.9 Å². The van der Waals surface area contributed by atoms with E-state index in [1.54, 1.807) is 0 Å². The quantitative estimate of drug-likeness (QED) is 0.900. The van der Waals surface area contributed by atoms with E-state index in [1.807, 2.05) is 0 Å². The van der Waals surface area contributed by atoms with Gasteiger partial charge in [0, 0.05) is 30.7 Å². The molecule has 0 amide bonds. The van der Waals surface area contributed by atoms with Crippen LogP contribution in [0.3, 0.4) is 0 Å². The van der Waals surface area contributed by atoms with E-state index in [0.717, 1.165) is 50.2 Å². The van der Waals surface area contributed by atoms with E-state index in [0.29, 0.717) is 0 Å². The average molecular weight is 314 g/mol. The van der Waals surface area contributed by atoms with E-state index < -0.39 is 0 Å². The molecular formula is C14H20BrNO2. The Morgan fingerprint density at radius 2 is 2.00 bits per heavy atom. The summed E-state index contributed by atoms with van der Waals surface area (Å²) in [7, 11) is 0. The highest BCUT2D eigenvalue weighted by molar-refractivity contribution is 9.10. The van der Waals surface area contributed by atoms with Crippen molar-refractivity contribution in [2.24, 2.45) is 0 Å². The second-order valence-electron chi connectivity index (χ2n) is 4.60. The second kappa shape index (κ2) is 7.24. The van der Waals surface area contributed by atoms with Crippen molar-refractivity contribution in [2.45, 2.75) is 12.8 Å². The molecule has 1 aromatic rings. The molecule has 1 aromatic carbocycles. The number of aliphatic hydroxyl groups excluding tert-OH is 1. The van der Waals surface area contributed by atoms with E-state index in [4.69, 9.17) is 9.84 Å². The summed E-state index contributed by atoms with van der Waals surface area (Å²) >= 11 is 3.62. The molecule has 1 heterocycles. The highest BCUT2D eigenvalue weighted by Gasteiger charge is 2.10. The van der Waals surface area contributed by atoms with Crippen LogP contribution in [0.4, 0.5) is 0 Å². The van der Waals surface area contributed by atoms with Crippen LogP contribution < -0.4 is 0 Å². The Kier molecular flexibility index (Phi) is 5.63. The molecule has 2 rings (SSSR count). The lowest BCUT2D eigenvalue weighted by molar-refractivity contribution is 0.0384. The van der Waals surface area contributed by atoms with Crippen LogP contribution in [0.1, 0.15) is 11.1 Å². The number of morpholine rings is 1. The first-order chi connectivity index (χ1) is 8.79. The SMILES string of the molecule is OCCc1ccc(CCN2CCOCC2)c(Br)c1. The fourth-order valence-electron chi connectivity index (χ4n) is 2.18. The molecule has 100 valence electrons. The molecule has 0 radical (unpaired) electrons. The zero-order valence-corrected chi connectivity index (χ0v) is 12.2. The standard InChI is InChI=1S/C14H20BrNO2/c15-14-11-12(4-8-17)1-2-13(14)3-5-16-6-9-18-10-7-16/h1-2,11,17H,3-10H2. The fourth-order valence-corrected chi connectivity index (χ4v) is 2.81. The maximum atomic E-state index is 8.92. The van der Waals surface area contributed by atoms with Crippen LogP contribution in [0.15, 0.2) is 22.7 Å². The largest absolute Gasteiger partial charge is 0.396 e. The third kappa shape index (κ3) is 4.05. The Morgan fingerprint density at radius 3 is 2.67 bits per heavy atom. The normalized spacial score (nSPS) is 17.0. The second-order valence-corrected chi connectivity index (χ2v) is 5.46. The fraction of sp³-hybridized carbons (Fsp3) is 0.571. The van der Waals surface area contributed by atoms with Crippen LogP contribution in [-0.2, 0) is 17.6 Å². The van der Waals surface area contributed by atoms with Crippen LogP contribution in [0.2, 0.25) is 0 Å². The van der Waals surface area contributed by atoms with Crippen molar-refractivity contribution in [3.63, 3.8) is 0 Å². The van der Waals surface area contributed by atoms with Gasteiger partial charge in [-0.1, -0.05) is 28.1 Å². The molecular weight excluding hydrogens is 294 g/mol. The molecule has 18 heavy (non-hydrogen) atoms. The molecule has 1 saturated heterocycles. The van der Waals surface area contributed by atoms with Crippen molar-refractivity contribution in [1.82, 2.24) is 4.90 Å². The Balaban J connectivity index is 1.88. The monoisotopic (exact) mass is 313 g/mol. The number of ether oxygens (including phenoxy) is 1. The highest BCUT2D eigenvalue weighted by atomic mass is 79.9. The molecule has 0 unspecified atom stereocenters. The molecule has 4 heteroatoms. The molecule has 0 spiro atoms. The van der Waals surface area contributed by atoms with E-state index in [9.17, 15) is 0 Å². The molecule has 1 aliphatic rings. The van der Waals surface area contributed by atoms with Gasteiger partial charge in [0.25, 0.3) is 0 Å². The van der Waals surface area contributed by atoms with Gasteiger partial charge in [-0.2, -0.15) is 0 Å². The number of aliphatic hydroxyl groups is 1. The molecule has 0 atom stereocenters. The van der Waals surface area contributed by atoms with Gasteiger partial charge >= 0.3 is 0 Å². The molecule has 0 saturated carbocycles. The summed E-state index contributed by atoms with van der Waals surface area (Å²) in [6, 6.07) is 6.38. The minimum atomic E-state index is 0.208. The van der Waals surface area contributed by atoms with Crippen LogP contribution in [0.5, 0.6) is 0 Å². The summed E-state index contributed by atoms with van der Waals surface area (Å²) in [6.45, 7) is 5.09. The van der Waals surface area contributed by atoms with Gasteiger partial charge in [0.2, 0.25) is 0 Å². The van der Waals surface area contributed by atoms with Gasteiger partial charge in [0.1, 0.15) is 0 Å². The summed E-state index contributed by atoms with van der Waals surface area (Å²) in [5.74, 6) is 0. The predicted molar refractivity (Wildman–Crippen MR) is 75.9 cm³/mol. The van der Waals surface area contributed by atoms with E-state index >= 15 is 0 Å². The maximum Gasteiger partial charge on any atom is 0.0594 e. The number of halogens is 1. The van der Waals surface area contributed by atoms with E-state index in [-0.39, 0.29) is 6.61 Å². The summed E-state index contributed by atoms with van der Waals surface area (Å²) in [4.78, 5) is 2.44. The average Bonchev–Trinajstić information content (AvgIpc) is 2.39. The highest BCUT2D eigenvalue weighted by Crippen LogP contribution is 2.20. The topological polar surface area (TPSA) is 32.7 Å². The number of benzene rings is 1. The van der Waals surface area contributed by atoms with Crippen molar-refractivity contribution < 1.29 is 9.84 Å². The van der Waals surface area contributed by atoms with E-state index in [2.05, 4.69) is 39.0 Å². The van der Waals surface area contributed by atoms with Crippen molar-refractivity contribution in [2.75, 3.05) is 39.5 Å². The summed E-state index contributed by atoms with van der Waals surface area (Å²) < 4.78 is 6.50. The van der Waals surface area contributed by atoms with Crippen molar-refractivity contribution in [3.05, 3.63) is 33.8 Å². The first-order valence-electron chi connectivity index (χ1n) is 6.48. The minimum Gasteiger partial charge on any atom is -0.396 e. The zero-order chi connectivity index (χ0) is 12.8. The van der Waals surface area contributed by atoms with Crippen LogP contribution in [0, 0.1) is 0 Å². The molecule has 0 bridgehead atoms. The summed E-state index contributed by atoms with van der Waals surface area (Å²) in [5.41, 5.74) is 2.52. The Hall–Kier alpha value is -0.420. The molecule has 0 aliphatic carbocycles. The molecule has 0 aromatic heterocycles. The maximum absolute atomic E-state index is 8.92. The van der Waals surface area contributed by atoms with Gasteiger partial charge in [0.15, 0.2) is 0 Å². The van der Waals surface area contributed by atoms with Crippen LogP contribution in [0.25, 0.3) is 0 Å². The molecule has 3 nitrogen and oxygen atoms in total. The predicted octanol–water partition coefficient (Wildman–Crippen LogP) is 1.86. The van der Waals surface area contributed by atoms with Crippen LogP contribution in [-0.4, -0.2) is 49.5 Å². The van der Waals surface area contributed by atoms with Crippen molar-refractivity contribution in [1.29, 1.82) is 0 Å². The van der Waals surface area contributed by atoms with Crippen molar-refractivity contribution in [3.8, 4) is 0 Å². The third-order valence-corrected chi connectivity index (χ3v) is 4.06. The molecule has 1 fully saturated rings. The van der Waals surface area contributed by atoms with Gasteiger partial charge in [-0.05, 0) is 30.0 Å². The molecule has 1 N–H and O–H groups in total. The van der Waals surface area contributed by atoms with Gasteiger partial charge in [-0.15, -0.1) is 0 Å². The third-order valence-electron chi connectivity index (χ3n) is 3.32. The first-order valence-corrected chi connectivity index (χ1v) is 7.27. The number of nitrogens with zero attached hydrogens (tertiary/aromatic N) is 1. The first kappa shape index (κ1) is 14.0. The number of rotatable bonds is 5. The minimum absolute atomic E-state index is 0.208. The lowest BCUT2D eigenvalue weighted by Crippen LogP contribution is -2.37. The van der Waals surface area contributed by atoms with Crippen molar-refractivity contribution >= 4 is 15.9 Å². The lowest BCUT2D eigenvalue weighted by Gasteiger charge is -2.26. The molecule has 1 aliphatic heterocycles. The van der Waals surface area contributed by atoms with Gasteiger partial charge in [0.05, 0.1) is 13.2 Å². The Morgan fingerprint density at radius 1 is 1.22 bits per heavy atom. The lowest BCUT2D eigenvalue weighted by atomic mass is 10.1. The van der Waals surface area contributed by atoms with Gasteiger partial charge in [-0.25, -0.2) is 0 Å². The Labute approximate surface area is 117 Å². The van der Waals surface area contributed by atoms with Gasteiger partial charge in [-0.3, -0.25) is 4.90 Å². The smallest absolute Gasteiger partial charge is 0.0594 e. The van der Waals surface area contributed by atoms with E-state index in [1.165, 1.54) is 11.1 Å². The summed E-state index contributed by atoms with van der Waals surface area (Å²) in [6.07, 6.45) is 1.78.